The number of esters is 1. The Morgan fingerprint density at radius 1 is 0.960 bits per heavy atom. The van der Waals surface area contributed by atoms with E-state index in [0.717, 1.165) is 15.8 Å². The third-order valence-electron chi connectivity index (χ3n) is 4.18. The number of hydrogen-bond donors (Lipinski definition) is 1. The highest BCUT2D eigenvalue weighted by atomic mass is 16.5. The van der Waals surface area contributed by atoms with Crippen molar-refractivity contribution in [2.45, 2.75) is 0 Å². The van der Waals surface area contributed by atoms with E-state index in [2.05, 4.69) is 4.98 Å². The Morgan fingerprint density at radius 2 is 1.60 bits per heavy atom. The predicted molar refractivity (Wildman–Crippen MR) is 90.4 cm³/mol. The number of nitrogens with zero attached hydrogens (tertiary/aromatic N) is 1. The normalized spacial score (nSPS) is 13.4. The molecule has 0 saturated heterocycles. The molecule has 2 amide bonds. The summed E-state index contributed by atoms with van der Waals surface area (Å²) in [6, 6.07) is 15.9. The van der Waals surface area contributed by atoms with E-state index in [4.69, 9.17) is 4.74 Å². The molecule has 0 fully saturated rings. The second-order valence-corrected chi connectivity index (χ2v) is 5.71. The molecule has 1 aliphatic rings. The van der Waals surface area contributed by atoms with Crippen LogP contribution in [0.5, 0.6) is 0 Å². The molecule has 0 saturated carbocycles. The Kier molecular flexibility index (Phi) is 3.57. The molecule has 25 heavy (non-hydrogen) atoms. The summed E-state index contributed by atoms with van der Waals surface area (Å²) in [6.07, 6.45) is 0. The number of H-pyrrole nitrogens is 1. The van der Waals surface area contributed by atoms with Crippen LogP contribution >= 0.6 is 0 Å². The van der Waals surface area contributed by atoms with Crippen molar-refractivity contribution in [1.29, 1.82) is 0 Å². The lowest BCUT2D eigenvalue weighted by atomic mass is 10.1. The van der Waals surface area contributed by atoms with Crippen LogP contribution in [0.2, 0.25) is 0 Å². The van der Waals surface area contributed by atoms with E-state index < -0.39 is 5.97 Å². The average molecular weight is 334 g/mol. The van der Waals surface area contributed by atoms with Crippen molar-refractivity contribution in [3.63, 3.8) is 0 Å². The minimum atomic E-state index is -0.521. The summed E-state index contributed by atoms with van der Waals surface area (Å²) in [5.74, 6) is -1.24. The van der Waals surface area contributed by atoms with Crippen LogP contribution in [-0.4, -0.2) is 40.8 Å². The van der Waals surface area contributed by atoms with Crippen molar-refractivity contribution in [1.82, 2.24) is 9.88 Å². The minimum Gasteiger partial charge on any atom is -0.459 e. The second-order valence-electron chi connectivity index (χ2n) is 5.71. The Bertz CT molecular complexity index is 937. The Labute approximate surface area is 143 Å². The van der Waals surface area contributed by atoms with Crippen molar-refractivity contribution < 1.29 is 19.1 Å². The highest BCUT2D eigenvalue weighted by molar-refractivity contribution is 6.21. The molecule has 0 atom stereocenters. The van der Waals surface area contributed by atoms with Gasteiger partial charge in [-0.2, -0.15) is 0 Å². The first-order chi connectivity index (χ1) is 12.1. The van der Waals surface area contributed by atoms with Gasteiger partial charge in [0, 0.05) is 10.9 Å². The largest absolute Gasteiger partial charge is 0.459 e. The number of para-hydroxylation sites is 1. The lowest BCUT2D eigenvalue weighted by Crippen LogP contribution is -2.33. The van der Waals surface area contributed by atoms with E-state index >= 15 is 0 Å². The molecule has 2 heterocycles. The maximum atomic E-state index is 12.2. The number of carbonyl (C=O) groups is 3. The number of ether oxygens (including phenoxy) is 1. The number of imide groups is 1. The molecule has 1 N–H and O–H groups in total. The molecule has 0 bridgehead atoms. The number of fused-ring (bicyclic) bond motifs is 2. The van der Waals surface area contributed by atoms with Gasteiger partial charge >= 0.3 is 5.97 Å². The van der Waals surface area contributed by atoms with Crippen LogP contribution in [-0.2, 0) is 4.74 Å². The van der Waals surface area contributed by atoms with Crippen LogP contribution in [0, 0.1) is 0 Å². The number of aromatic amines is 1. The highest BCUT2D eigenvalue weighted by Crippen LogP contribution is 2.22. The SMILES string of the molecule is O=C(OCCN1C(=O)c2ccccc2C1=O)c1cc2ccccc2[nH]1. The predicted octanol–water partition coefficient (Wildman–Crippen LogP) is 2.62. The third-order valence-corrected chi connectivity index (χ3v) is 4.18. The quantitative estimate of drug-likeness (QED) is 0.587. The maximum absolute atomic E-state index is 12.2. The van der Waals surface area contributed by atoms with Gasteiger partial charge < -0.3 is 9.72 Å². The first kappa shape index (κ1) is 15.1. The van der Waals surface area contributed by atoms with E-state index in [9.17, 15) is 14.4 Å². The fraction of sp³-hybridized carbons (Fsp3) is 0.105. The zero-order chi connectivity index (χ0) is 17.4. The number of carbonyl (C=O) groups excluding carboxylic acids is 3. The van der Waals surface area contributed by atoms with Gasteiger partial charge in [0.15, 0.2) is 0 Å². The van der Waals surface area contributed by atoms with Gasteiger partial charge in [0.25, 0.3) is 11.8 Å². The Morgan fingerprint density at radius 3 is 2.28 bits per heavy atom. The van der Waals surface area contributed by atoms with Crippen molar-refractivity contribution in [2.24, 2.45) is 0 Å². The van der Waals surface area contributed by atoms with Crippen LogP contribution in [0.1, 0.15) is 31.2 Å². The van der Waals surface area contributed by atoms with Gasteiger partial charge in [-0.15, -0.1) is 0 Å². The first-order valence-electron chi connectivity index (χ1n) is 7.85. The van der Waals surface area contributed by atoms with E-state index in [1.807, 2.05) is 24.3 Å². The molecule has 3 aromatic rings. The van der Waals surface area contributed by atoms with Crippen molar-refractivity contribution in [3.05, 3.63) is 71.4 Å². The monoisotopic (exact) mass is 334 g/mol. The summed E-state index contributed by atoms with van der Waals surface area (Å²) in [5.41, 5.74) is 1.95. The van der Waals surface area contributed by atoms with E-state index in [1.54, 1.807) is 30.3 Å². The average Bonchev–Trinajstić information content (AvgIpc) is 3.17. The topological polar surface area (TPSA) is 79.5 Å². The molecule has 1 aromatic heterocycles. The van der Waals surface area contributed by atoms with Gasteiger partial charge in [-0.3, -0.25) is 14.5 Å². The minimum absolute atomic E-state index is 0.0261. The number of benzene rings is 2. The van der Waals surface area contributed by atoms with Crippen LogP contribution in [0.4, 0.5) is 0 Å². The third kappa shape index (κ3) is 2.57. The van der Waals surface area contributed by atoms with Crippen molar-refractivity contribution >= 4 is 28.7 Å². The van der Waals surface area contributed by atoms with Gasteiger partial charge in [-0.25, -0.2) is 4.79 Å². The van der Waals surface area contributed by atoms with Crippen molar-refractivity contribution in [3.8, 4) is 0 Å². The van der Waals surface area contributed by atoms with E-state index in [1.165, 1.54) is 0 Å². The maximum Gasteiger partial charge on any atom is 0.354 e. The summed E-state index contributed by atoms with van der Waals surface area (Å²) in [6.45, 7) is -0.0298. The molecule has 2 aromatic carbocycles. The molecule has 1 aliphatic heterocycles. The fourth-order valence-corrected chi connectivity index (χ4v) is 2.93. The summed E-state index contributed by atoms with van der Waals surface area (Å²) >= 11 is 0. The van der Waals surface area contributed by atoms with Gasteiger partial charge in [-0.1, -0.05) is 30.3 Å². The van der Waals surface area contributed by atoms with Gasteiger partial charge in [0.1, 0.15) is 12.3 Å². The molecular formula is C19H14N2O4. The van der Waals surface area contributed by atoms with Gasteiger partial charge in [0.2, 0.25) is 0 Å². The molecule has 124 valence electrons. The van der Waals surface area contributed by atoms with Crippen LogP contribution in [0.3, 0.4) is 0 Å². The molecule has 4 rings (SSSR count). The lowest BCUT2D eigenvalue weighted by Gasteiger charge is -2.13. The van der Waals surface area contributed by atoms with Crippen LogP contribution in [0.25, 0.3) is 10.9 Å². The number of hydrogen-bond acceptors (Lipinski definition) is 4. The van der Waals surface area contributed by atoms with Gasteiger partial charge in [-0.05, 0) is 24.3 Å². The van der Waals surface area contributed by atoms with E-state index in [-0.39, 0.29) is 25.0 Å². The molecule has 0 aliphatic carbocycles. The molecular weight excluding hydrogens is 320 g/mol. The number of aromatic nitrogens is 1. The molecule has 6 heteroatoms. The van der Waals surface area contributed by atoms with E-state index in [0.29, 0.717) is 16.8 Å². The van der Waals surface area contributed by atoms with Crippen LogP contribution in [0.15, 0.2) is 54.6 Å². The number of amides is 2. The zero-order valence-electron chi connectivity index (χ0n) is 13.2. The van der Waals surface area contributed by atoms with Crippen molar-refractivity contribution in [2.75, 3.05) is 13.2 Å². The summed E-state index contributed by atoms with van der Waals surface area (Å²) < 4.78 is 5.20. The molecule has 0 radical (unpaired) electrons. The van der Waals surface area contributed by atoms with Gasteiger partial charge in [0.05, 0.1) is 17.7 Å². The van der Waals surface area contributed by atoms with Crippen LogP contribution < -0.4 is 0 Å². The molecule has 6 nitrogen and oxygen atoms in total. The summed E-state index contributed by atoms with van der Waals surface area (Å²) in [7, 11) is 0. The second kappa shape index (κ2) is 5.90. The highest BCUT2D eigenvalue weighted by Gasteiger charge is 2.34. The smallest absolute Gasteiger partial charge is 0.354 e. The standard InChI is InChI=1S/C19H14N2O4/c22-17-13-6-2-3-7-14(13)18(23)21(17)9-10-25-19(24)16-11-12-5-1-4-8-15(12)20-16/h1-8,11,20H,9-10H2. The Balaban J connectivity index is 1.40. The summed E-state index contributed by atoms with van der Waals surface area (Å²) in [4.78, 5) is 40.7. The number of rotatable bonds is 4. The molecule has 0 unspecified atom stereocenters. The number of nitrogens with one attached hydrogen (secondary N) is 1. The first-order valence-corrected chi connectivity index (χ1v) is 7.85. The Hall–Kier alpha value is -3.41. The lowest BCUT2D eigenvalue weighted by molar-refractivity contribution is 0.0416. The fourth-order valence-electron chi connectivity index (χ4n) is 2.93. The summed E-state index contributed by atoms with van der Waals surface area (Å²) in [5, 5.41) is 0.912. The molecule has 0 spiro atoms. The zero-order valence-corrected chi connectivity index (χ0v) is 13.2.